The molecule has 0 atom stereocenters. The van der Waals surface area contributed by atoms with E-state index in [0.717, 1.165) is 12.8 Å². The number of nitrogens with zero attached hydrogens (tertiary/aromatic N) is 2. The third-order valence-corrected chi connectivity index (χ3v) is 16.7. The van der Waals surface area contributed by atoms with Crippen molar-refractivity contribution >= 4 is 88.7 Å². The van der Waals surface area contributed by atoms with Crippen molar-refractivity contribution in [1.82, 2.24) is 0 Å². The zero-order valence-electron chi connectivity index (χ0n) is 39.8. The Kier molecular flexibility index (Phi) is 9.07. The molecule has 3 aliphatic rings. The second-order valence-corrected chi connectivity index (χ2v) is 22.8. The molecule has 0 radical (unpaired) electrons. The van der Waals surface area contributed by atoms with Gasteiger partial charge in [0, 0.05) is 48.5 Å². The van der Waals surface area contributed by atoms with Gasteiger partial charge in [0.05, 0.1) is 11.4 Å². The predicted molar refractivity (Wildman–Crippen MR) is 288 cm³/mol. The lowest BCUT2D eigenvalue weighted by Gasteiger charge is -2.48. The molecule has 66 heavy (non-hydrogen) atoms. The van der Waals surface area contributed by atoms with E-state index in [1.807, 2.05) is 11.3 Å². The van der Waals surface area contributed by atoms with Crippen LogP contribution >= 0.6 is 11.3 Å². The molecule has 4 heteroatoms. The maximum absolute atomic E-state index is 2.68. The smallest absolute Gasteiger partial charge is 0.252 e. The molecular weight excluding hydrogens is 816 g/mol. The van der Waals surface area contributed by atoms with Gasteiger partial charge in [-0.25, -0.2) is 0 Å². The van der Waals surface area contributed by atoms with Crippen LogP contribution in [0.15, 0.2) is 158 Å². The van der Waals surface area contributed by atoms with Gasteiger partial charge in [0.1, 0.15) is 0 Å². The van der Waals surface area contributed by atoms with Gasteiger partial charge in [-0.15, -0.1) is 11.3 Å². The third-order valence-electron chi connectivity index (χ3n) is 15.5. The Morgan fingerprint density at radius 2 is 1.15 bits per heavy atom. The number of hydrogen-bond acceptors (Lipinski definition) is 3. The van der Waals surface area contributed by atoms with Crippen LogP contribution in [0.1, 0.15) is 89.1 Å². The van der Waals surface area contributed by atoms with Crippen LogP contribution in [0.5, 0.6) is 0 Å². The lowest BCUT2D eigenvalue weighted by atomic mass is 9.33. The average molecular weight is 873 g/mol. The molecule has 0 spiro atoms. The second-order valence-electron chi connectivity index (χ2n) is 21.7. The monoisotopic (exact) mass is 872 g/mol. The van der Waals surface area contributed by atoms with E-state index in [2.05, 4.69) is 230 Å². The van der Waals surface area contributed by atoms with Crippen molar-refractivity contribution in [2.75, 3.05) is 9.80 Å². The van der Waals surface area contributed by atoms with Crippen molar-refractivity contribution in [2.45, 2.75) is 91.4 Å². The highest BCUT2D eigenvalue weighted by atomic mass is 32.1. The molecule has 1 aromatic heterocycles. The second kappa shape index (κ2) is 14.6. The van der Waals surface area contributed by atoms with Crippen LogP contribution in [0.4, 0.5) is 34.1 Å². The summed E-state index contributed by atoms with van der Waals surface area (Å²) < 4.78 is 2.64. The highest BCUT2D eigenvalue weighted by Gasteiger charge is 2.47. The van der Waals surface area contributed by atoms with E-state index in [-0.39, 0.29) is 23.0 Å². The van der Waals surface area contributed by atoms with Crippen molar-refractivity contribution in [1.29, 1.82) is 0 Å². The zero-order chi connectivity index (χ0) is 45.4. The van der Waals surface area contributed by atoms with Crippen molar-refractivity contribution in [2.24, 2.45) is 0 Å². The summed E-state index contributed by atoms with van der Waals surface area (Å²) in [4.78, 5) is 5.36. The average Bonchev–Trinajstić information content (AvgIpc) is 3.69. The normalized spacial score (nSPS) is 15.7. The van der Waals surface area contributed by atoms with Gasteiger partial charge in [0.25, 0.3) is 6.71 Å². The predicted octanol–water partition coefficient (Wildman–Crippen LogP) is 15.7. The molecule has 1 aliphatic carbocycles. The molecule has 0 bridgehead atoms. The highest BCUT2D eigenvalue weighted by Crippen LogP contribution is 2.54. The standard InChI is InChI=1S/C62H57BN2S/c1-38-19-13-14-22-43(38)41-34-53-58-54(35-41)65(51-25-17-15-23-44(51)40-20-11-10-12-21-40)59-48(28-30-56-57(59)45-24-16-18-26-55(45)66-56)63(58)49-36-46-47(62(8,9)32-31-61(46,6)7)37-52(49)64(53)50-29-27-42(33-39(50)2)60(3,4)5/h10-30,33-37H,31-32H2,1-9H3. The summed E-state index contributed by atoms with van der Waals surface area (Å²) in [6, 6.07) is 60.7. The molecule has 0 N–H and O–H groups in total. The van der Waals surface area contributed by atoms with E-state index < -0.39 is 0 Å². The Labute approximate surface area is 395 Å². The molecule has 0 unspecified atom stereocenters. The van der Waals surface area contributed by atoms with Gasteiger partial charge >= 0.3 is 0 Å². The van der Waals surface area contributed by atoms with Gasteiger partial charge in [-0.1, -0.05) is 164 Å². The van der Waals surface area contributed by atoms with E-state index in [9.17, 15) is 0 Å². The first kappa shape index (κ1) is 41.1. The maximum Gasteiger partial charge on any atom is 0.252 e. The van der Waals surface area contributed by atoms with Crippen LogP contribution < -0.4 is 26.2 Å². The number of anilines is 6. The van der Waals surface area contributed by atoms with E-state index >= 15 is 0 Å². The summed E-state index contributed by atoms with van der Waals surface area (Å²) in [5.74, 6) is 0. The topological polar surface area (TPSA) is 6.48 Å². The van der Waals surface area contributed by atoms with Crippen molar-refractivity contribution in [3.05, 3.63) is 186 Å². The summed E-state index contributed by atoms with van der Waals surface area (Å²) in [6.07, 6.45) is 2.33. The van der Waals surface area contributed by atoms with E-state index in [0.29, 0.717) is 0 Å². The molecule has 0 saturated carbocycles. The van der Waals surface area contributed by atoms with E-state index in [4.69, 9.17) is 0 Å². The van der Waals surface area contributed by atoms with Gasteiger partial charge in [-0.05, 0) is 146 Å². The SMILES string of the molecule is Cc1ccccc1-c1cc2c3c(c1)N(c1ccccc1-c1ccccc1)c1c(ccc4sc5ccccc5c14)B3c1cc3c(cc1N2c1ccc(C(C)(C)C)cc1C)C(C)(C)CCC3(C)C. The fourth-order valence-electron chi connectivity index (χ4n) is 11.8. The number of rotatable bonds is 4. The number of benzene rings is 8. The summed E-state index contributed by atoms with van der Waals surface area (Å²) in [6.45, 7) is 21.5. The number of thiophene rings is 1. The first-order chi connectivity index (χ1) is 31.7. The van der Waals surface area contributed by atoms with Gasteiger partial charge < -0.3 is 9.80 Å². The minimum atomic E-state index is -0.00865. The Morgan fingerprint density at radius 3 is 1.88 bits per heavy atom. The maximum atomic E-state index is 2.68. The molecule has 2 aliphatic heterocycles. The third kappa shape index (κ3) is 6.13. The Balaban J connectivity index is 1.28. The van der Waals surface area contributed by atoms with Gasteiger partial charge in [-0.3, -0.25) is 0 Å². The molecule has 0 saturated heterocycles. The molecule has 8 aromatic carbocycles. The van der Waals surface area contributed by atoms with Crippen LogP contribution in [0.3, 0.4) is 0 Å². The highest BCUT2D eigenvalue weighted by molar-refractivity contribution is 7.26. The lowest BCUT2D eigenvalue weighted by molar-refractivity contribution is 0.332. The van der Waals surface area contributed by atoms with Crippen molar-refractivity contribution in [3.8, 4) is 22.3 Å². The van der Waals surface area contributed by atoms with Crippen LogP contribution in [0.2, 0.25) is 0 Å². The zero-order valence-corrected chi connectivity index (χ0v) is 40.6. The summed E-state index contributed by atoms with van der Waals surface area (Å²) in [5.41, 5.74) is 23.5. The first-order valence-corrected chi connectivity index (χ1v) is 24.7. The van der Waals surface area contributed by atoms with Crippen LogP contribution in [0.25, 0.3) is 42.4 Å². The van der Waals surface area contributed by atoms with Crippen molar-refractivity contribution < 1.29 is 0 Å². The Morgan fingerprint density at radius 1 is 0.500 bits per heavy atom. The summed E-state index contributed by atoms with van der Waals surface area (Å²) in [7, 11) is 0. The van der Waals surface area contributed by atoms with Gasteiger partial charge in [-0.2, -0.15) is 0 Å². The molecule has 324 valence electrons. The Bertz CT molecular complexity index is 3460. The van der Waals surface area contributed by atoms with E-state index in [1.54, 1.807) is 0 Å². The minimum absolute atomic E-state index is 0.00865. The minimum Gasteiger partial charge on any atom is -0.311 e. The molecule has 3 heterocycles. The van der Waals surface area contributed by atoms with Crippen molar-refractivity contribution in [3.63, 3.8) is 0 Å². The summed E-state index contributed by atoms with van der Waals surface area (Å²) in [5, 5.41) is 2.65. The molecule has 2 nitrogen and oxygen atoms in total. The molecule has 12 rings (SSSR count). The fraction of sp³-hybridized carbons (Fsp3) is 0.226. The van der Waals surface area contributed by atoms with Gasteiger partial charge in [0.15, 0.2) is 0 Å². The molecule has 0 amide bonds. The number of hydrogen-bond donors (Lipinski definition) is 0. The largest absolute Gasteiger partial charge is 0.311 e. The quantitative estimate of drug-likeness (QED) is 0.163. The van der Waals surface area contributed by atoms with Crippen LogP contribution in [0, 0.1) is 13.8 Å². The number of fused-ring (bicyclic) bond motifs is 9. The van der Waals surface area contributed by atoms with Gasteiger partial charge in [0.2, 0.25) is 0 Å². The fourth-order valence-corrected chi connectivity index (χ4v) is 12.9. The first-order valence-electron chi connectivity index (χ1n) is 23.9. The van der Waals surface area contributed by atoms with Crippen LogP contribution in [-0.2, 0) is 16.2 Å². The number of para-hydroxylation sites is 1. The van der Waals surface area contributed by atoms with E-state index in [1.165, 1.54) is 121 Å². The molecular formula is C62H57BN2S. The molecule has 0 fully saturated rings. The Hall–Kier alpha value is -6.36. The summed E-state index contributed by atoms with van der Waals surface area (Å²) >= 11 is 1.91. The lowest BCUT2D eigenvalue weighted by Crippen LogP contribution is -2.62. The van der Waals surface area contributed by atoms with Crippen LogP contribution in [-0.4, -0.2) is 6.71 Å². The number of aryl methyl sites for hydroxylation is 2. The molecule has 9 aromatic rings.